The standard InChI is InChI=1S/C19H17N3O2S/c1-10-4-5-14-17(6-10)25-19(20-14)21-18(23)9-15-13-7-11(2)12(3)8-16(13)24-22-15/h4-8H,9H2,1-3H3,(H,20,21,23). The van der Waals surface area contributed by atoms with Crippen molar-refractivity contribution < 1.29 is 9.32 Å². The zero-order valence-corrected chi connectivity index (χ0v) is 15.0. The maximum atomic E-state index is 12.4. The highest BCUT2D eigenvalue weighted by atomic mass is 32.1. The summed E-state index contributed by atoms with van der Waals surface area (Å²) in [5, 5.41) is 8.42. The molecule has 0 spiro atoms. The van der Waals surface area contributed by atoms with Crippen LogP contribution in [0.15, 0.2) is 34.9 Å². The molecule has 0 bridgehead atoms. The highest BCUT2D eigenvalue weighted by Crippen LogP contribution is 2.27. The molecule has 0 saturated heterocycles. The van der Waals surface area contributed by atoms with Crippen LogP contribution in [0.2, 0.25) is 0 Å². The lowest BCUT2D eigenvalue weighted by Gasteiger charge is -2.01. The monoisotopic (exact) mass is 351 g/mol. The van der Waals surface area contributed by atoms with Gasteiger partial charge >= 0.3 is 0 Å². The number of carbonyl (C=O) groups excluding carboxylic acids is 1. The van der Waals surface area contributed by atoms with Crippen molar-refractivity contribution in [3.05, 3.63) is 52.7 Å². The number of hydrogen-bond acceptors (Lipinski definition) is 5. The van der Waals surface area contributed by atoms with Crippen molar-refractivity contribution in [3.8, 4) is 0 Å². The van der Waals surface area contributed by atoms with E-state index in [1.54, 1.807) is 0 Å². The predicted molar refractivity (Wildman–Crippen MR) is 100 cm³/mol. The van der Waals surface area contributed by atoms with E-state index in [1.807, 2.05) is 45.0 Å². The van der Waals surface area contributed by atoms with Crippen molar-refractivity contribution in [2.75, 3.05) is 5.32 Å². The van der Waals surface area contributed by atoms with Gasteiger partial charge in [0.05, 0.1) is 16.6 Å². The summed E-state index contributed by atoms with van der Waals surface area (Å²) in [5.41, 5.74) is 5.72. The van der Waals surface area contributed by atoms with Gasteiger partial charge in [-0.15, -0.1) is 0 Å². The molecule has 0 fully saturated rings. The Hall–Kier alpha value is -2.73. The van der Waals surface area contributed by atoms with E-state index in [4.69, 9.17) is 4.52 Å². The fraction of sp³-hybridized carbons (Fsp3) is 0.211. The number of thiazole rings is 1. The maximum absolute atomic E-state index is 12.4. The summed E-state index contributed by atoms with van der Waals surface area (Å²) in [6.45, 7) is 6.10. The first kappa shape index (κ1) is 15.8. The Morgan fingerprint density at radius 1 is 1.16 bits per heavy atom. The molecule has 2 aromatic carbocycles. The van der Waals surface area contributed by atoms with E-state index in [0.29, 0.717) is 16.4 Å². The molecule has 0 unspecified atom stereocenters. The van der Waals surface area contributed by atoms with E-state index in [1.165, 1.54) is 16.9 Å². The molecule has 0 aliphatic heterocycles. The molecule has 1 amide bonds. The first-order chi connectivity index (χ1) is 12.0. The van der Waals surface area contributed by atoms with Gasteiger partial charge in [-0.1, -0.05) is 22.6 Å². The average Bonchev–Trinajstić information content (AvgIpc) is 3.11. The summed E-state index contributed by atoms with van der Waals surface area (Å²) in [6.07, 6.45) is 0.157. The quantitative estimate of drug-likeness (QED) is 0.588. The fourth-order valence-corrected chi connectivity index (χ4v) is 3.75. The van der Waals surface area contributed by atoms with Gasteiger partial charge in [0.1, 0.15) is 5.69 Å². The van der Waals surface area contributed by atoms with E-state index in [-0.39, 0.29) is 12.3 Å². The number of hydrogen-bond donors (Lipinski definition) is 1. The van der Waals surface area contributed by atoms with Gasteiger partial charge in [-0.2, -0.15) is 0 Å². The lowest BCUT2D eigenvalue weighted by molar-refractivity contribution is -0.115. The van der Waals surface area contributed by atoms with Crippen molar-refractivity contribution in [2.45, 2.75) is 27.2 Å². The van der Waals surface area contributed by atoms with Crippen LogP contribution >= 0.6 is 11.3 Å². The molecule has 0 radical (unpaired) electrons. The molecule has 5 nitrogen and oxygen atoms in total. The second-order valence-electron chi connectivity index (χ2n) is 6.28. The number of carbonyl (C=O) groups is 1. The van der Waals surface area contributed by atoms with E-state index in [0.717, 1.165) is 26.7 Å². The van der Waals surface area contributed by atoms with Crippen molar-refractivity contribution in [2.24, 2.45) is 0 Å². The molecule has 4 rings (SSSR count). The Balaban J connectivity index is 1.56. The molecular formula is C19H17N3O2S. The highest BCUT2D eigenvalue weighted by Gasteiger charge is 2.15. The van der Waals surface area contributed by atoms with Gasteiger partial charge in [0, 0.05) is 5.39 Å². The Bertz CT molecular complexity index is 1110. The van der Waals surface area contributed by atoms with Crippen molar-refractivity contribution in [3.63, 3.8) is 0 Å². The van der Waals surface area contributed by atoms with Gasteiger partial charge in [-0.05, 0) is 61.7 Å². The van der Waals surface area contributed by atoms with E-state index in [2.05, 4.69) is 21.5 Å². The minimum atomic E-state index is -0.149. The first-order valence-corrected chi connectivity index (χ1v) is 8.84. The third-order valence-electron chi connectivity index (χ3n) is 4.28. The predicted octanol–water partition coefficient (Wildman–Crippen LogP) is 4.54. The first-order valence-electron chi connectivity index (χ1n) is 8.02. The number of amides is 1. The smallest absolute Gasteiger partial charge is 0.232 e. The van der Waals surface area contributed by atoms with Crippen LogP contribution in [-0.4, -0.2) is 16.0 Å². The number of anilines is 1. The second kappa shape index (κ2) is 5.97. The van der Waals surface area contributed by atoms with Crippen LogP contribution < -0.4 is 5.32 Å². The Morgan fingerprint density at radius 3 is 2.80 bits per heavy atom. The Morgan fingerprint density at radius 2 is 1.96 bits per heavy atom. The molecule has 0 saturated carbocycles. The SMILES string of the molecule is Cc1ccc2nc(NC(=O)Cc3noc4cc(C)c(C)cc34)sc2c1. The number of benzene rings is 2. The summed E-state index contributed by atoms with van der Waals surface area (Å²) in [6, 6.07) is 10.0. The van der Waals surface area contributed by atoms with Crippen molar-refractivity contribution in [1.29, 1.82) is 0 Å². The molecule has 2 aromatic heterocycles. The van der Waals surface area contributed by atoms with E-state index < -0.39 is 0 Å². The molecular weight excluding hydrogens is 334 g/mol. The number of nitrogens with zero attached hydrogens (tertiary/aromatic N) is 2. The molecule has 4 aromatic rings. The largest absolute Gasteiger partial charge is 0.356 e. The summed E-state index contributed by atoms with van der Waals surface area (Å²) in [5.74, 6) is -0.149. The van der Waals surface area contributed by atoms with Gasteiger partial charge in [0.2, 0.25) is 5.91 Å². The minimum Gasteiger partial charge on any atom is -0.356 e. The van der Waals surface area contributed by atoms with E-state index >= 15 is 0 Å². The van der Waals surface area contributed by atoms with Crippen LogP contribution in [0.3, 0.4) is 0 Å². The summed E-state index contributed by atoms with van der Waals surface area (Å²) < 4.78 is 6.42. The van der Waals surface area contributed by atoms with E-state index in [9.17, 15) is 4.79 Å². The fourth-order valence-electron chi connectivity index (χ4n) is 2.77. The maximum Gasteiger partial charge on any atom is 0.232 e. The van der Waals surface area contributed by atoms with Gasteiger partial charge in [-0.3, -0.25) is 4.79 Å². The molecule has 0 atom stereocenters. The summed E-state index contributed by atoms with van der Waals surface area (Å²) in [7, 11) is 0. The summed E-state index contributed by atoms with van der Waals surface area (Å²) in [4.78, 5) is 16.8. The molecule has 6 heteroatoms. The van der Waals surface area contributed by atoms with Crippen molar-refractivity contribution >= 4 is 43.6 Å². The van der Waals surface area contributed by atoms with Crippen LogP contribution in [0.1, 0.15) is 22.4 Å². The van der Waals surface area contributed by atoms with Crippen LogP contribution in [0, 0.1) is 20.8 Å². The number of nitrogens with one attached hydrogen (secondary N) is 1. The second-order valence-corrected chi connectivity index (χ2v) is 7.31. The van der Waals surface area contributed by atoms with Gasteiger partial charge in [-0.25, -0.2) is 4.98 Å². The lowest BCUT2D eigenvalue weighted by atomic mass is 10.1. The van der Waals surface area contributed by atoms with Crippen molar-refractivity contribution in [1.82, 2.24) is 10.1 Å². The molecule has 2 heterocycles. The van der Waals surface area contributed by atoms with Crippen LogP contribution in [0.5, 0.6) is 0 Å². The zero-order valence-electron chi connectivity index (χ0n) is 14.2. The third kappa shape index (κ3) is 3.00. The third-order valence-corrected chi connectivity index (χ3v) is 5.21. The number of aryl methyl sites for hydroxylation is 3. The van der Waals surface area contributed by atoms with Gasteiger partial charge < -0.3 is 9.84 Å². The van der Waals surface area contributed by atoms with Gasteiger partial charge in [0.25, 0.3) is 0 Å². The molecule has 25 heavy (non-hydrogen) atoms. The minimum absolute atomic E-state index is 0.149. The number of rotatable bonds is 3. The lowest BCUT2D eigenvalue weighted by Crippen LogP contribution is -2.14. The topological polar surface area (TPSA) is 68.0 Å². The molecule has 126 valence electrons. The molecule has 0 aliphatic carbocycles. The number of aromatic nitrogens is 2. The zero-order chi connectivity index (χ0) is 17.6. The molecule has 0 aliphatic rings. The Labute approximate surface area is 148 Å². The highest BCUT2D eigenvalue weighted by molar-refractivity contribution is 7.22. The average molecular weight is 351 g/mol. The van der Waals surface area contributed by atoms with Crippen LogP contribution in [0.4, 0.5) is 5.13 Å². The number of fused-ring (bicyclic) bond motifs is 2. The Kier molecular flexibility index (Phi) is 3.77. The summed E-state index contributed by atoms with van der Waals surface area (Å²) >= 11 is 1.47. The van der Waals surface area contributed by atoms with Crippen LogP contribution in [0.25, 0.3) is 21.2 Å². The van der Waals surface area contributed by atoms with Gasteiger partial charge in [0.15, 0.2) is 10.7 Å². The van der Waals surface area contributed by atoms with Crippen LogP contribution in [-0.2, 0) is 11.2 Å². The normalized spacial score (nSPS) is 11.3. The molecule has 1 N–H and O–H groups in total.